The van der Waals surface area contributed by atoms with Gasteiger partial charge < -0.3 is 19.5 Å². The smallest absolute Gasteiger partial charge is 0.338 e. The van der Waals surface area contributed by atoms with E-state index in [1.54, 1.807) is 37.3 Å². The average Bonchev–Trinajstić information content (AvgIpc) is 2.79. The van der Waals surface area contributed by atoms with E-state index in [1.807, 2.05) is 16.7 Å². The van der Waals surface area contributed by atoms with Gasteiger partial charge in [0.05, 0.1) is 17.9 Å². The number of aromatic nitrogens is 1. The first-order chi connectivity index (χ1) is 15.4. The summed E-state index contributed by atoms with van der Waals surface area (Å²) < 4.78 is 7.56. The van der Waals surface area contributed by atoms with Crippen molar-refractivity contribution in [3.05, 3.63) is 64.1 Å². The largest absolute Gasteiger partial charge is 0.462 e. The maximum atomic E-state index is 12.4. The lowest BCUT2D eigenvalue weighted by Crippen LogP contribution is -2.48. The molecule has 9 heteroatoms. The van der Waals surface area contributed by atoms with Gasteiger partial charge in [0.2, 0.25) is 5.91 Å². The summed E-state index contributed by atoms with van der Waals surface area (Å²) in [5.74, 6) is 0.328. The van der Waals surface area contributed by atoms with Crippen molar-refractivity contribution in [2.24, 2.45) is 5.92 Å². The predicted octanol–water partition coefficient (Wildman–Crippen LogP) is 3.10. The Bertz CT molecular complexity index is 1080. The Morgan fingerprint density at radius 3 is 2.69 bits per heavy atom. The second-order valence-corrected chi connectivity index (χ2v) is 9.61. The lowest BCUT2D eigenvalue weighted by Gasteiger charge is -2.43. The number of likely N-dealkylation sites (tertiary alicyclic amines) is 1. The molecular weight excluding hydrogens is 446 g/mol. The fraction of sp³-hybridized carbons (Fsp3) is 0.391. The second-order valence-electron chi connectivity index (χ2n) is 8.00. The fourth-order valence-electron chi connectivity index (χ4n) is 4.37. The molecule has 1 fully saturated rings. The van der Waals surface area contributed by atoms with Crippen LogP contribution in [0.15, 0.2) is 47.3 Å². The molecule has 1 saturated heterocycles. The summed E-state index contributed by atoms with van der Waals surface area (Å²) in [6.07, 6.45) is 1.06. The Balaban J connectivity index is 1.29. The number of anilines is 1. The number of nitrogens with one attached hydrogen (secondary N) is 1. The van der Waals surface area contributed by atoms with Crippen molar-refractivity contribution in [3.63, 3.8) is 0 Å². The van der Waals surface area contributed by atoms with Gasteiger partial charge in [-0.05, 0) is 49.6 Å². The van der Waals surface area contributed by atoms with Crippen LogP contribution in [0.25, 0.3) is 0 Å². The third-order valence-corrected chi connectivity index (χ3v) is 7.27. The van der Waals surface area contributed by atoms with Crippen LogP contribution in [0, 0.1) is 5.92 Å². The van der Waals surface area contributed by atoms with E-state index >= 15 is 0 Å². The number of esters is 1. The van der Waals surface area contributed by atoms with Gasteiger partial charge in [-0.1, -0.05) is 30.0 Å². The zero-order valence-corrected chi connectivity index (χ0v) is 19.4. The van der Waals surface area contributed by atoms with Crippen LogP contribution in [0.3, 0.4) is 0 Å². The molecule has 1 aromatic carbocycles. The van der Waals surface area contributed by atoms with E-state index in [0.29, 0.717) is 28.1 Å². The third-order valence-electron chi connectivity index (χ3n) is 5.74. The molecule has 2 atom stereocenters. The van der Waals surface area contributed by atoms with Crippen LogP contribution < -0.4 is 10.9 Å². The number of pyridine rings is 1. The van der Waals surface area contributed by atoms with Crippen LogP contribution >= 0.6 is 24.0 Å². The van der Waals surface area contributed by atoms with Crippen molar-refractivity contribution < 1.29 is 14.3 Å². The minimum absolute atomic E-state index is 0.0644. The van der Waals surface area contributed by atoms with E-state index in [1.165, 1.54) is 11.8 Å². The zero-order chi connectivity index (χ0) is 22.7. The van der Waals surface area contributed by atoms with Gasteiger partial charge >= 0.3 is 5.97 Å². The number of hydrogen-bond donors (Lipinski definition) is 1. The Morgan fingerprint density at radius 1 is 1.16 bits per heavy atom. The predicted molar refractivity (Wildman–Crippen MR) is 129 cm³/mol. The number of amides is 1. The Labute approximate surface area is 196 Å². The molecule has 7 nitrogen and oxygen atoms in total. The van der Waals surface area contributed by atoms with Crippen molar-refractivity contribution >= 4 is 45.9 Å². The van der Waals surface area contributed by atoms with E-state index in [2.05, 4.69) is 10.2 Å². The Kier molecular flexibility index (Phi) is 6.95. The molecule has 0 saturated carbocycles. The van der Waals surface area contributed by atoms with Crippen LogP contribution in [-0.4, -0.2) is 51.1 Å². The summed E-state index contributed by atoms with van der Waals surface area (Å²) in [4.78, 5) is 38.4. The van der Waals surface area contributed by atoms with Crippen molar-refractivity contribution in [3.8, 4) is 0 Å². The Hall–Kier alpha value is -2.65. The van der Waals surface area contributed by atoms with E-state index in [4.69, 9.17) is 17.0 Å². The quantitative estimate of drug-likeness (QED) is 0.530. The van der Waals surface area contributed by atoms with E-state index in [-0.39, 0.29) is 29.1 Å². The zero-order valence-electron chi connectivity index (χ0n) is 17.8. The Morgan fingerprint density at radius 2 is 1.94 bits per heavy atom. The molecule has 2 aliphatic heterocycles. The van der Waals surface area contributed by atoms with Crippen molar-refractivity contribution in [2.45, 2.75) is 25.8 Å². The number of benzene rings is 1. The molecule has 4 rings (SSSR count). The van der Waals surface area contributed by atoms with E-state index < -0.39 is 0 Å². The number of thioether (sulfide) groups is 1. The maximum Gasteiger partial charge on any atom is 0.338 e. The first-order valence-electron chi connectivity index (χ1n) is 10.6. The highest BCUT2D eigenvalue weighted by atomic mass is 32.2. The average molecular weight is 472 g/mol. The van der Waals surface area contributed by atoms with Crippen LogP contribution in [0.5, 0.6) is 0 Å². The molecule has 0 radical (unpaired) electrons. The summed E-state index contributed by atoms with van der Waals surface area (Å²) in [6.45, 7) is 4.36. The minimum atomic E-state index is -0.384. The topological polar surface area (TPSA) is 80.6 Å². The summed E-state index contributed by atoms with van der Waals surface area (Å²) >= 11 is 6.97. The van der Waals surface area contributed by atoms with Gasteiger partial charge in [-0.15, -0.1) is 0 Å². The minimum Gasteiger partial charge on any atom is -0.462 e. The number of hydrogen-bond acceptors (Lipinski definition) is 6. The van der Waals surface area contributed by atoms with Crippen molar-refractivity contribution in [2.75, 3.05) is 30.8 Å². The molecule has 2 aliphatic rings. The number of rotatable bonds is 5. The highest BCUT2D eigenvalue weighted by Gasteiger charge is 2.35. The fourth-order valence-corrected chi connectivity index (χ4v) is 5.35. The van der Waals surface area contributed by atoms with Gasteiger partial charge in [-0.25, -0.2) is 4.79 Å². The normalized spacial score (nSPS) is 19.1. The lowest BCUT2D eigenvalue weighted by atomic mass is 9.83. The molecule has 0 spiro atoms. The molecular formula is C23H25N3O4S2. The number of nitrogens with zero attached hydrogens (tertiary/aromatic N) is 2. The van der Waals surface area contributed by atoms with Crippen molar-refractivity contribution in [1.82, 2.24) is 9.47 Å². The molecule has 32 heavy (non-hydrogen) atoms. The summed E-state index contributed by atoms with van der Waals surface area (Å²) in [5, 5.41) is 2.83. The lowest BCUT2D eigenvalue weighted by molar-refractivity contribution is -0.113. The number of thiocarbonyl (C=S) groups is 1. The van der Waals surface area contributed by atoms with Crippen LogP contribution in [0.4, 0.5) is 5.69 Å². The number of ether oxygens (including phenoxy) is 1. The second kappa shape index (κ2) is 9.87. The first-order valence-corrected chi connectivity index (χ1v) is 12.0. The summed E-state index contributed by atoms with van der Waals surface area (Å²) in [7, 11) is 0. The van der Waals surface area contributed by atoms with Gasteiger partial charge in [-0.3, -0.25) is 9.59 Å². The molecule has 2 unspecified atom stereocenters. The standard InChI is InChI=1S/C23H25N3O4S2/c1-2-30-22(29)16-6-8-18(9-7-16)24-20(27)14-32-23(31)25-11-15-10-17(13-25)19-4-3-5-21(28)26(19)12-15/h3-9,15,17H,2,10-14H2,1H3,(H,24,27). The van der Waals surface area contributed by atoms with E-state index in [9.17, 15) is 14.4 Å². The molecule has 1 amide bonds. The van der Waals surface area contributed by atoms with Gasteiger partial charge in [-0.2, -0.15) is 0 Å². The molecule has 1 aromatic heterocycles. The van der Waals surface area contributed by atoms with Crippen LogP contribution in [0.2, 0.25) is 0 Å². The van der Waals surface area contributed by atoms with Crippen LogP contribution in [-0.2, 0) is 16.1 Å². The highest BCUT2D eigenvalue weighted by Crippen LogP contribution is 2.36. The monoisotopic (exact) mass is 471 g/mol. The summed E-state index contributed by atoms with van der Waals surface area (Å²) in [6, 6.07) is 12.1. The number of carbonyl (C=O) groups is 2. The number of piperidine rings is 1. The molecule has 0 aliphatic carbocycles. The van der Waals surface area contributed by atoms with E-state index in [0.717, 1.165) is 31.7 Å². The molecule has 3 heterocycles. The summed E-state index contributed by atoms with van der Waals surface area (Å²) in [5.41, 5.74) is 2.20. The molecule has 2 bridgehead atoms. The van der Waals surface area contributed by atoms with Gasteiger partial charge in [0.1, 0.15) is 4.32 Å². The molecule has 1 N–H and O–H groups in total. The molecule has 168 valence electrons. The van der Waals surface area contributed by atoms with Crippen LogP contribution in [0.1, 0.15) is 35.3 Å². The maximum absolute atomic E-state index is 12.4. The SMILES string of the molecule is CCOC(=O)c1ccc(NC(=O)CSC(=S)N2CC3CC(C2)c2cccc(=O)n2C3)cc1. The highest BCUT2D eigenvalue weighted by molar-refractivity contribution is 8.23. The van der Waals surface area contributed by atoms with Gasteiger partial charge in [0.15, 0.2) is 0 Å². The van der Waals surface area contributed by atoms with Gasteiger partial charge in [0, 0.05) is 43.0 Å². The number of fused-ring (bicyclic) bond motifs is 4. The van der Waals surface area contributed by atoms with Gasteiger partial charge in [0.25, 0.3) is 5.56 Å². The molecule has 2 aromatic rings. The van der Waals surface area contributed by atoms with Crippen molar-refractivity contribution in [1.29, 1.82) is 0 Å². The third kappa shape index (κ3) is 5.05. The number of carbonyl (C=O) groups excluding carboxylic acids is 2. The first kappa shape index (κ1) is 22.5.